The molecule has 2 aromatic heterocycles. The lowest BCUT2D eigenvalue weighted by Crippen LogP contribution is -1.98. The summed E-state index contributed by atoms with van der Waals surface area (Å²) in [5.74, 6) is -0.302. The number of carboxylic acids is 1. The Morgan fingerprint density at radius 1 is 1.04 bits per heavy atom. The standard InChI is InChI=1S/C19H14N2O3/c22-19(23)17-9-15-14-8-13(24-11-12-4-2-1-3-5-12)6-7-16(14)21-18(15)10-20-17/h1-10,21H,11H2,(H,22,23). The van der Waals surface area contributed by atoms with Gasteiger partial charge in [0.25, 0.3) is 0 Å². The number of pyridine rings is 1. The van der Waals surface area contributed by atoms with E-state index in [1.165, 1.54) is 0 Å². The fourth-order valence-corrected chi connectivity index (χ4v) is 2.73. The molecule has 0 fully saturated rings. The highest BCUT2D eigenvalue weighted by Crippen LogP contribution is 2.29. The van der Waals surface area contributed by atoms with Crippen molar-refractivity contribution in [2.24, 2.45) is 0 Å². The zero-order valence-electron chi connectivity index (χ0n) is 12.7. The number of nitrogens with zero attached hydrogens (tertiary/aromatic N) is 1. The molecule has 4 aromatic rings. The average Bonchev–Trinajstić information content (AvgIpc) is 2.98. The molecule has 5 nitrogen and oxygen atoms in total. The summed E-state index contributed by atoms with van der Waals surface area (Å²) in [5.41, 5.74) is 2.84. The predicted molar refractivity (Wildman–Crippen MR) is 91.3 cm³/mol. The second-order valence-electron chi connectivity index (χ2n) is 5.53. The van der Waals surface area contributed by atoms with Crippen LogP contribution in [0.5, 0.6) is 5.75 Å². The van der Waals surface area contributed by atoms with Crippen LogP contribution in [-0.4, -0.2) is 21.0 Å². The minimum atomic E-state index is -1.04. The Bertz CT molecular complexity index is 1040. The number of fused-ring (bicyclic) bond motifs is 3. The largest absolute Gasteiger partial charge is 0.489 e. The summed E-state index contributed by atoms with van der Waals surface area (Å²) in [4.78, 5) is 18.3. The number of rotatable bonds is 4. The van der Waals surface area contributed by atoms with Gasteiger partial charge in [0, 0.05) is 16.3 Å². The lowest BCUT2D eigenvalue weighted by molar-refractivity contribution is 0.0690. The van der Waals surface area contributed by atoms with Gasteiger partial charge in [-0.25, -0.2) is 9.78 Å². The second kappa shape index (κ2) is 5.70. The molecule has 0 aliphatic carbocycles. The Hall–Kier alpha value is -3.34. The van der Waals surface area contributed by atoms with Gasteiger partial charge in [-0.05, 0) is 29.8 Å². The first-order valence-corrected chi connectivity index (χ1v) is 7.52. The van der Waals surface area contributed by atoms with Crippen molar-refractivity contribution in [3.05, 3.63) is 72.1 Å². The third kappa shape index (κ3) is 2.56. The number of ether oxygens (including phenoxy) is 1. The lowest BCUT2D eigenvalue weighted by atomic mass is 10.1. The molecule has 0 bridgehead atoms. The maximum absolute atomic E-state index is 11.1. The van der Waals surface area contributed by atoms with Gasteiger partial charge in [0.2, 0.25) is 0 Å². The number of hydrogen-bond acceptors (Lipinski definition) is 3. The van der Waals surface area contributed by atoms with Crippen molar-refractivity contribution in [1.29, 1.82) is 0 Å². The second-order valence-corrected chi connectivity index (χ2v) is 5.53. The molecule has 0 unspecified atom stereocenters. The third-order valence-corrected chi connectivity index (χ3v) is 3.92. The van der Waals surface area contributed by atoms with Crippen LogP contribution in [0.2, 0.25) is 0 Å². The molecular weight excluding hydrogens is 304 g/mol. The van der Waals surface area contributed by atoms with E-state index >= 15 is 0 Å². The van der Waals surface area contributed by atoms with E-state index < -0.39 is 5.97 Å². The molecule has 4 rings (SSSR count). The number of benzene rings is 2. The van der Waals surface area contributed by atoms with Gasteiger partial charge in [-0.15, -0.1) is 0 Å². The Morgan fingerprint density at radius 3 is 2.62 bits per heavy atom. The Balaban J connectivity index is 1.71. The van der Waals surface area contributed by atoms with Gasteiger partial charge >= 0.3 is 5.97 Å². The van der Waals surface area contributed by atoms with Crippen molar-refractivity contribution < 1.29 is 14.6 Å². The van der Waals surface area contributed by atoms with E-state index in [1.54, 1.807) is 12.3 Å². The molecule has 0 saturated carbocycles. The van der Waals surface area contributed by atoms with Crippen LogP contribution in [0.4, 0.5) is 0 Å². The normalized spacial score (nSPS) is 11.0. The maximum atomic E-state index is 11.1. The molecule has 0 spiro atoms. The molecule has 0 saturated heterocycles. The summed E-state index contributed by atoms with van der Waals surface area (Å²) in [6, 6.07) is 17.3. The van der Waals surface area contributed by atoms with E-state index in [4.69, 9.17) is 9.84 Å². The predicted octanol–water partition coefficient (Wildman–Crippen LogP) is 3.99. The first-order chi connectivity index (χ1) is 11.7. The number of aromatic carboxylic acids is 1. The number of carboxylic acid groups (broad SMARTS) is 1. The number of aromatic nitrogens is 2. The van der Waals surface area contributed by atoms with Gasteiger partial charge < -0.3 is 14.8 Å². The van der Waals surface area contributed by atoms with Crippen LogP contribution in [0.3, 0.4) is 0 Å². The van der Waals surface area contributed by atoms with Crippen LogP contribution < -0.4 is 4.74 Å². The number of nitrogens with one attached hydrogen (secondary N) is 1. The van der Waals surface area contributed by atoms with Crippen LogP contribution in [0.15, 0.2) is 60.8 Å². The molecule has 0 radical (unpaired) electrons. The SMILES string of the molecule is O=C(O)c1cc2c(cn1)[nH]c1ccc(OCc3ccccc3)cc12. The van der Waals surface area contributed by atoms with Gasteiger partial charge in [-0.3, -0.25) is 0 Å². The quantitative estimate of drug-likeness (QED) is 0.596. The number of hydrogen-bond donors (Lipinski definition) is 2. The monoisotopic (exact) mass is 318 g/mol. The van der Waals surface area contributed by atoms with Crippen molar-refractivity contribution in [2.45, 2.75) is 6.61 Å². The van der Waals surface area contributed by atoms with E-state index in [-0.39, 0.29) is 5.69 Å². The Labute approximate surface area is 137 Å². The topological polar surface area (TPSA) is 75.2 Å². The van der Waals surface area contributed by atoms with E-state index in [9.17, 15) is 4.79 Å². The lowest BCUT2D eigenvalue weighted by Gasteiger charge is -2.06. The van der Waals surface area contributed by atoms with Crippen LogP contribution in [-0.2, 0) is 6.61 Å². The van der Waals surface area contributed by atoms with E-state index in [0.29, 0.717) is 6.61 Å². The van der Waals surface area contributed by atoms with Gasteiger partial charge in [0.05, 0.1) is 11.7 Å². The first kappa shape index (κ1) is 14.3. The summed E-state index contributed by atoms with van der Waals surface area (Å²) in [6.07, 6.45) is 1.54. The van der Waals surface area contributed by atoms with E-state index in [2.05, 4.69) is 9.97 Å². The molecule has 0 aliphatic rings. The summed E-state index contributed by atoms with van der Waals surface area (Å²) in [5, 5.41) is 10.9. The molecule has 5 heteroatoms. The van der Waals surface area contributed by atoms with Gasteiger partial charge in [-0.2, -0.15) is 0 Å². The highest BCUT2D eigenvalue weighted by atomic mass is 16.5. The number of carbonyl (C=O) groups is 1. The molecular formula is C19H14N2O3. The van der Waals surface area contributed by atoms with Crippen molar-refractivity contribution in [3.8, 4) is 5.75 Å². The van der Waals surface area contributed by atoms with Gasteiger partial charge in [-0.1, -0.05) is 30.3 Å². The third-order valence-electron chi connectivity index (χ3n) is 3.92. The van der Waals surface area contributed by atoms with E-state index in [0.717, 1.165) is 33.1 Å². The highest BCUT2D eigenvalue weighted by Gasteiger charge is 2.10. The molecule has 0 atom stereocenters. The van der Waals surface area contributed by atoms with E-state index in [1.807, 2.05) is 48.5 Å². The Kier molecular flexibility index (Phi) is 3.39. The zero-order valence-corrected chi connectivity index (χ0v) is 12.7. The van der Waals surface area contributed by atoms with Gasteiger partial charge in [0.1, 0.15) is 18.1 Å². The molecule has 2 heterocycles. The zero-order chi connectivity index (χ0) is 16.5. The Morgan fingerprint density at radius 2 is 1.83 bits per heavy atom. The molecule has 2 aromatic carbocycles. The fraction of sp³-hybridized carbons (Fsp3) is 0.0526. The highest BCUT2D eigenvalue weighted by molar-refractivity contribution is 6.08. The maximum Gasteiger partial charge on any atom is 0.354 e. The summed E-state index contributed by atoms with van der Waals surface area (Å²) < 4.78 is 5.85. The summed E-state index contributed by atoms with van der Waals surface area (Å²) >= 11 is 0. The molecule has 0 amide bonds. The van der Waals surface area contributed by atoms with Crippen LogP contribution in [0, 0.1) is 0 Å². The minimum Gasteiger partial charge on any atom is -0.489 e. The number of aromatic amines is 1. The first-order valence-electron chi connectivity index (χ1n) is 7.52. The molecule has 118 valence electrons. The van der Waals surface area contributed by atoms with Gasteiger partial charge in [0.15, 0.2) is 0 Å². The minimum absolute atomic E-state index is 0.0269. The molecule has 2 N–H and O–H groups in total. The number of H-pyrrole nitrogens is 1. The van der Waals surface area contributed by atoms with Crippen LogP contribution >= 0.6 is 0 Å². The molecule has 24 heavy (non-hydrogen) atoms. The van der Waals surface area contributed by atoms with Crippen LogP contribution in [0.25, 0.3) is 21.8 Å². The smallest absolute Gasteiger partial charge is 0.354 e. The fourth-order valence-electron chi connectivity index (χ4n) is 2.73. The van der Waals surface area contributed by atoms with Crippen LogP contribution in [0.1, 0.15) is 16.1 Å². The van der Waals surface area contributed by atoms with Crippen molar-refractivity contribution >= 4 is 27.8 Å². The summed E-state index contributed by atoms with van der Waals surface area (Å²) in [6.45, 7) is 0.483. The average molecular weight is 318 g/mol. The molecule has 0 aliphatic heterocycles. The van der Waals surface area contributed by atoms with Crippen molar-refractivity contribution in [1.82, 2.24) is 9.97 Å². The van der Waals surface area contributed by atoms with Crippen molar-refractivity contribution in [2.75, 3.05) is 0 Å². The summed E-state index contributed by atoms with van der Waals surface area (Å²) in [7, 11) is 0. The van der Waals surface area contributed by atoms with Crippen molar-refractivity contribution in [3.63, 3.8) is 0 Å².